The number of amides is 1. The third-order valence-corrected chi connectivity index (χ3v) is 5.40. The number of esters is 1. The van der Waals surface area contributed by atoms with Crippen molar-refractivity contribution in [2.24, 2.45) is 0 Å². The van der Waals surface area contributed by atoms with Gasteiger partial charge in [0.1, 0.15) is 0 Å². The number of rotatable bonds is 6. The maximum atomic E-state index is 13.3. The van der Waals surface area contributed by atoms with E-state index in [9.17, 15) is 22.8 Å². The van der Waals surface area contributed by atoms with E-state index in [1.54, 1.807) is 18.2 Å². The molecule has 2 aliphatic heterocycles. The molecule has 0 aliphatic carbocycles. The SMILES string of the molecule is CC(OC(=O)C=Cc1ccc2c(c1)OCO2)C(=O)Nc1cc(C(F)(F)F)ccc1N1CCOCC1. The van der Waals surface area contributed by atoms with Gasteiger partial charge in [0.05, 0.1) is 30.2 Å². The van der Waals surface area contributed by atoms with Crippen molar-refractivity contribution in [3.8, 4) is 11.5 Å². The van der Waals surface area contributed by atoms with Crippen molar-refractivity contribution in [3.05, 3.63) is 53.6 Å². The van der Waals surface area contributed by atoms with Gasteiger partial charge < -0.3 is 29.2 Å². The van der Waals surface area contributed by atoms with E-state index < -0.39 is 29.7 Å². The molecule has 1 fully saturated rings. The molecule has 35 heavy (non-hydrogen) atoms. The van der Waals surface area contributed by atoms with E-state index in [-0.39, 0.29) is 12.5 Å². The first-order valence-corrected chi connectivity index (χ1v) is 10.8. The molecule has 186 valence electrons. The molecule has 8 nitrogen and oxygen atoms in total. The lowest BCUT2D eigenvalue weighted by Crippen LogP contribution is -2.37. The highest BCUT2D eigenvalue weighted by atomic mass is 19.4. The van der Waals surface area contributed by atoms with Crippen LogP contribution in [-0.2, 0) is 25.2 Å². The number of fused-ring (bicyclic) bond motifs is 1. The number of hydrogen-bond acceptors (Lipinski definition) is 7. The van der Waals surface area contributed by atoms with Crippen molar-refractivity contribution in [2.75, 3.05) is 43.3 Å². The van der Waals surface area contributed by atoms with Gasteiger partial charge in [-0.1, -0.05) is 6.07 Å². The molecule has 0 spiro atoms. The van der Waals surface area contributed by atoms with E-state index in [1.165, 1.54) is 19.1 Å². The molecule has 0 bridgehead atoms. The first-order chi connectivity index (χ1) is 16.7. The van der Waals surface area contributed by atoms with Gasteiger partial charge in [-0.25, -0.2) is 4.79 Å². The fourth-order valence-corrected chi connectivity index (χ4v) is 3.57. The lowest BCUT2D eigenvalue weighted by atomic mass is 10.1. The maximum absolute atomic E-state index is 13.3. The Bertz CT molecular complexity index is 1130. The average Bonchev–Trinajstić information content (AvgIpc) is 3.30. The summed E-state index contributed by atoms with van der Waals surface area (Å²) in [4.78, 5) is 26.7. The van der Waals surface area contributed by atoms with Gasteiger partial charge in [-0.05, 0) is 48.9 Å². The second-order valence-electron chi connectivity index (χ2n) is 7.84. The van der Waals surface area contributed by atoms with E-state index in [1.807, 2.05) is 4.90 Å². The normalized spacial score (nSPS) is 16.3. The third-order valence-electron chi connectivity index (χ3n) is 5.40. The third kappa shape index (κ3) is 6.04. The van der Waals surface area contributed by atoms with Gasteiger partial charge in [0.15, 0.2) is 17.6 Å². The van der Waals surface area contributed by atoms with Gasteiger partial charge >= 0.3 is 12.1 Å². The summed E-state index contributed by atoms with van der Waals surface area (Å²) in [7, 11) is 0. The molecule has 2 aliphatic rings. The highest BCUT2D eigenvalue weighted by Gasteiger charge is 2.32. The zero-order valence-corrected chi connectivity index (χ0v) is 18.8. The largest absolute Gasteiger partial charge is 0.454 e. The average molecular weight is 492 g/mol. The number of carbonyl (C=O) groups excluding carboxylic acids is 2. The minimum Gasteiger partial charge on any atom is -0.454 e. The quantitative estimate of drug-likeness (QED) is 0.484. The van der Waals surface area contributed by atoms with Crippen molar-refractivity contribution in [3.63, 3.8) is 0 Å². The molecule has 1 saturated heterocycles. The highest BCUT2D eigenvalue weighted by Crippen LogP contribution is 2.36. The zero-order valence-electron chi connectivity index (χ0n) is 18.8. The van der Waals surface area contributed by atoms with Crippen LogP contribution in [0.3, 0.4) is 0 Å². The maximum Gasteiger partial charge on any atom is 0.416 e. The topological polar surface area (TPSA) is 86.3 Å². The first-order valence-electron chi connectivity index (χ1n) is 10.8. The number of nitrogens with one attached hydrogen (secondary N) is 1. The number of benzene rings is 2. The second-order valence-corrected chi connectivity index (χ2v) is 7.84. The van der Waals surface area contributed by atoms with E-state index in [2.05, 4.69) is 5.32 Å². The Morgan fingerprint density at radius 1 is 1.09 bits per heavy atom. The molecule has 2 aromatic rings. The predicted octanol–water partition coefficient (Wildman–Crippen LogP) is 3.85. The number of ether oxygens (including phenoxy) is 4. The number of hydrogen-bond donors (Lipinski definition) is 1. The van der Waals surface area contributed by atoms with Crippen molar-refractivity contribution >= 4 is 29.3 Å². The van der Waals surface area contributed by atoms with Crippen LogP contribution in [0, 0.1) is 0 Å². The molecule has 11 heteroatoms. The van der Waals surface area contributed by atoms with Crippen LogP contribution in [0.2, 0.25) is 0 Å². The number of halogens is 3. The summed E-state index contributed by atoms with van der Waals surface area (Å²) >= 11 is 0. The fourth-order valence-electron chi connectivity index (χ4n) is 3.57. The molecule has 2 heterocycles. The van der Waals surface area contributed by atoms with Crippen LogP contribution in [0.15, 0.2) is 42.5 Å². The monoisotopic (exact) mass is 492 g/mol. The first kappa shape index (κ1) is 24.4. The van der Waals surface area contributed by atoms with Crippen LogP contribution in [-0.4, -0.2) is 51.1 Å². The minimum absolute atomic E-state index is 0.0227. The number of alkyl halides is 3. The molecule has 0 radical (unpaired) electrons. The van der Waals surface area contributed by atoms with Crippen LogP contribution in [0.5, 0.6) is 11.5 Å². The predicted molar refractivity (Wildman–Crippen MR) is 120 cm³/mol. The molecule has 1 N–H and O–H groups in total. The number of anilines is 2. The van der Waals surface area contributed by atoms with Crippen molar-refractivity contribution in [2.45, 2.75) is 19.2 Å². The van der Waals surface area contributed by atoms with Crippen molar-refractivity contribution < 1.29 is 41.7 Å². The standard InChI is InChI=1S/C24H23F3N2O6/c1-15(35-22(30)7-3-16-2-6-20-21(12-16)34-14-33-20)23(31)28-18-13-17(24(25,26)27)4-5-19(18)29-8-10-32-11-9-29/h2-7,12-13,15H,8-11,14H2,1H3,(H,28,31). The Kier molecular flexibility index (Phi) is 7.15. The van der Waals surface area contributed by atoms with E-state index in [4.69, 9.17) is 18.9 Å². The highest BCUT2D eigenvalue weighted by molar-refractivity contribution is 5.99. The minimum atomic E-state index is -4.58. The fraction of sp³-hybridized carbons (Fsp3) is 0.333. The van der Waals surface area contributed by atoms with Gasteiger partial charge in [-0.3, -0.25) is 4.79 Å². The van der Waals surface area contributed by atoms with Gasteiger partial charge in [-0.2, -0.15) is 13.2 Å². The molecule has 2 aromatic carbocycles. The molecule has 1 unspecified atom stereocenters. The van der Waals surface area contributed by atoms with E-state index in [0.717, 1.165) is 18.2 Å². The molecule has 1 atom stereocenters. The summed E-state index contributed by atoms with van der Waals surface area (Å²) in [5, 5.41) is 2.47. The molecule has 0 aromatic heterocycles. The summed E-state index contributed by atoms with van der Waals surface area (Å²) in [6, 6.07) is 8.25. The van der Waals surface area contributed by atoms with Crippen LogP contribution in [0.25, 0.3) is 6.08 Å². The van der Waals surface area contributed by atoms with Crippen LogP contribution < -0.4 is 19.7 Å². The number of nitrogens with zero attached hydrogens (tertiary/aromatic N) is 1. The molecular formula is C24H23F3N2O6. The summed E-state index contributed by atoms with van der Waals surface area (Å²) in [5.74, 6) is -0.405. The Morgan fingerprint density at radius 3 is 2.57 bits per heavy atom. The van der Waals surface area contributed by atoms with Gasteiger partial charge in [-0.15, -0.1) is 0 Å². The second kappa shape index (κ2) is 10.3. The van der Waals surface area contributed by atoms with Crippen LogP contribution in [0.4, 0.5) is 24.5 Å². The van der Waals surface area contributed by atoms with Gasteiger partial charge in [0.2, 0.25) is 6.79 Å². The Hall–Kier alpha value is -3.73. The van der Waals surface area contributed by atoms with E-state index in [0.29, 0.717) is 49.1 Å². The Labute approximate surface area is 199 Å². The molecule has 0 saturated carbocycles. The molecule has 4 rings (SSSR count). The van der Waals surface area contributed by atoms with Crippen molar-refractivity contribution in [1.29, 1.82) is 0 Å². The molecule has 1 amide bonds. The summed E-state index contributed by atoms with van der Waals surface area (Å²) < 4.78 is 60.7. The summed E-state index contributed by atoms with van der Waals surface area (Å²) in [5.41, 5.74) is 0.157. The Balaban J connectivity index is 1.42. The van der Waals surface area contributed by atoms with E-state index >= 15 is 0 Å². The number of carbonyl (C=O) groups is 2. The number of morpholine rings is 1. The summed E-state index contributed by atoms with van der Waals surface area (Å²) in [6.45, 7) is 3.21. The Morgan fingerprint density at radius 2 is 1.83 bits per heavy atom. The van der Waals surface area contributed by atoms with Crippen molar-refractivity contribution in [1.82, 2.24) is 0 Å². The van der Waals surface area contributed by atoms with Gasteiger partial charge in [0, 0.05) is 19.2 Å². The zero-order chi connectivity index (χ0) is 25.0. The lowest BCUT2D eigenvalue weighted by Gasteiger charge is -2.31. The summed E-state index contributed by atoms with van der Waals surface area (Å²) in [6.07, 6.45) is -3.21. The smallest absolute Gasteiger partial charge is 0.416 e. The van der Waals surface area contributed by atoms with Crippen LogP contribution in [0.1, 0.15) is 18.1 Å². The molecular weight excluding hydrogens is 469 g/mol. The van der Waals surface area contributed by atoms with Gasteiger partial charge in [0.25, 0.3) is 5.91 Å². The van der Waals surface area contributed by atoms with Crippen LogP contribution >= 0.6 is 0 Å². The lowest BCUT2D eigenvalue weighted by molar-refractivity contribution is -0.148.